The van der Waals surface area contributed by atoms with Crippen molar-refractivity contribution in [1.82, 2.24) is 0 Å². The zero-order valence-electron chi connectivity index (χ0n) is 14.5. The predicted molar refractivity (Wildman–Crippen MR) is 100.0 cm³/mol. The lowest BCUT2D eigenvalue weighted by atomic mass is 10.1. The fourth-order valence-corrected chi connectivity index (χ4v) is 2.36. The standard InChI is InChI=1S/C19H25N3O2/c1-4-5-12-22(2)15-8-6-14(7-9-15)19(23)21-18-13-16(24-3)10-11-17(18)20/h6-11,13H,4-5,12,20H2,1-3H3,(H,21,23). The van der Waals surface area contributed by atoms with Crippen LogP contribution in [0.25, 0.3) is 0 Å². The molecule has 5 heteroatoms. The van der Waals surface area contributed by atoms with Gasteiger partial charge in [0, 0.05) is 30.9 Å². The van der Waals surface area contributed by atoms with E-state index in [0.29, 0.717) is 22.7 Å². The van der Waals surface area contributed by atoms with Crippen LogP contribution in [0.1, 0.15) is 30.1 Å². The molecular weight excluding hydrogens is 302 g/mol. The maximum atomic E-state index is 12.4. The van der Waals surface area contributed by atoms with Crippen LogP contribution in [0.4, 0.5) is 17.1 Å². The Hall–Kier alpha value is -2.69. The van der Waals surface area contributed by atoms with Gasteiger partial charge in [0.25, 0.3) is 5.91 Å². The molecule has 0 atom stereocenters. The summed E-state index contributed by atoms with van der Waals surface area (Å²) in [4.78, 5) is 14.6. The topological polar surface area (TPSA) is 67.6 Å². The van der Waals surface area contributed by atoms with E-state index in [-0.39, 0.29) is 5.91 Å². The lowest BCUT2D eigenvalue weighted by Crippen LogP contribution is -2.18. The first-order chi connectivity index (χ1) is 11.5. The molecule has 128 valence electrons. The number of hydrogen-bond acceptors (Lipinski definition) is 4. The van der Waals surface area contributed by atoms with E-state index in [4.69, 9.17) is 10.5 Å². The molecule has 5 nitrogen and oxygen atoms in total. The maximum absolute atomic E-state index is 12.4. The van der Waals surface area contributed by atoms with Crippen molar-refractivity contribution in [3.05, 3.63) is 48.0 Å². The molecule has 3 N–H and O–H groups in total. The van der Waals surface area contributed by atoms with Gasteiger partial charge in [-0.3, -0.25) is 4.79 Å². The van der Waals surface area contributed by atoms with E-state index < -0.39 is 0 Å². The van der Waals surface area contributed by atoms with Gasteiger partial charge < -0.3 is 20.7 Å². The Labute approximate surface area is 143 Å². The SMILES string of the molecule is CCCCN(C)c1ccc(C(=O)Nc2cc(OC)ccc2N)cc1. The predicted octanol–water partition coefficient (Wildman–Crippen LogP) is 3.77. The van der Waals surface area contributed by atoms with Crippen LogP contribution in [0.5, 0.6) is 5.75 Å². The van der Waals surface area contributed by atoms with Gasteiger partial charge in [-0.05, 0) is 42.8 Å². The van der Waals surface area contributed by atoms with Crippen LogP contribution in [-0.4, -0.2) is 26.6 Å². The summed E-state index contributed by atoms with van der Waals surface area (Å²) in [6.45, 7) is 3.17. The Balaban J connectivity index is 2.07. The van der Waals surface area contributed by atoms with Crippen molar-refractivity contribution in [3.8, 4) is 5.75 Å². The minimum atomic E-state index is -0.197. The number of carbonyl (C=O) groups is 1. The number of rotatable bonds is 7. The number of amides is 1. The van der Waals surface area contributed by atoms with Gasteiger partial charge in [0.05, 0.1) is 18.5 Å². The Bertz CT molecular complexity index is 684. The second-order valence-corrected chi connectivity index (χ2v) is 5.73. The number of hydrogen-bond donors (Lipinski definition) is 2. The summed E-state index contributed by atoms with van der Waals surface area (Å²) in [5.41, 5.74) is 8.63. The molecule has 0 bridgehead atoms. The molecule has 1 amide bonds. The third kappa shape index (κ3) is 4.41. The highest BCUT2D eigenvalue weighted by Gasteiger charge is 2.10. The highest BCUT2D eigenvalue weighted by molar-refractivity contribution is 6.06. The van der Waals surface area contributed by atoms with Crippen LogP contribution in [0.15, 0.2) is 42.5 Å². The van der Waals surface area contributed by atoms with Crippen LogP contribution >= 0.6 is 0 Å². The van der Waals surface area contributed by atoms with Crippen LogP contribution < -0.4 is 20.7 Å². The van der Waals surface area contributed by atoms with Crippen molar-refractivity contribution in [3.63, 3.8) is 0 Å². The van der Waals surface area contributed by atoms with Crippen molar-refractivity contribution >= 4 is 23.0 Å². The van der Waals surface area contributed by atoms with Crippen LogP contribution in [0.3, 0.4) is 0 Å². The first-order valence-electron chi connectivity index (χ1n) is 8.11. The molecule has 0 spiro atoms. The lowest BCUT2D eigenvalue weighted by molar-refractivity contribution is 0.102. The molecule has 0 saturated heterocycles. The largest absolute Gasteiger partial charge is 0.497 e. The third-order valence-electron chi connectivity index (χ3n) is 3.93. The first kappa shape index (κ1) is 17.7. The molecule has 24 heavy (non-hydrogen) atoms. The van der Waals surface area contributed by atoms with Crippen molar-refractivity contribution < 1.29 is 9.53 Å². The minimum absolute atomic E-state index is 0.197. The van der Waals surface area contributed by atoms with Crippen LogP contribution in [0, 0.1) is 0 Å². The highest BCUT2D eigenvalue weighted by Crippen LogP contribution is 2.25. The molecule has 2 rings (SSSR count). The third-order valence-corrected chi connectivity index (χ3v) is 3.93. The quantitative estimate of drug-likeness (QED) is 0.760. The Morgan fingerprint density at radius 1 is 1.21 bits per heavy atom. The average Bonchev–Trinajstić information content (AvgIpc) is 2.61. The van der Waals surface area contributed by atoms with Crippen LogP contribution in [0.2, 0.25) is 0 Å². The first-order valence-corrected chi connectivity index (χ1v) is 8.11. The van der Waals surface area contributed by atoms with Gasteiger partial charge in [0.1, 0.15) is 5.75 Å². The van der Waals surface area contributed by atoms with Crippen LogP contribution in [-0.2, 0) is 0 Å². The molecule has 0 aliphatic rings. The van der Waals surface area contributed by atoms with E-state index in [0.717, 1.165) is 25.1 Å². The van der Waals surface area contributed by atoms with E-state index in [1.807, 2.05) is 24.3 Å². The normalized spacial score (nSPS) is 10.3. The van der Waals surface area contributed by atoms with Gasteiger partial charge in [0.2, 0.25) is 0 Å². The van der Waals surface area contributed by atoms with E-state index >= 15 is 0 Å². The number of methoxy groups -OCH3 is 1. The van der Waals surface area contributed by atoms with Crippen molar-refractivity contribution in [2.75, 3.05) is 36.7 Å². The highest BCUT2D eigenvalue weighted by atomic mass is 16.5. The summed E-state index contributed by atoms with van der Waals surface area (Å²) in [6, 6.07) is 12.7. The summed E-state index contributed by atoms with van der Waals surface area (Å²) in [5.74, 6) is 0.449. The van der Waals surface area contributed by atoms with Gasteiger partial charge in [0.15, 0.2) is 0 Å². The van der Waals surface area contributed by atoms with E-state index in [2.05, 4.69) is 24.2 Å². The number of nitrogens with zero attached hydrogens (tertiary/aromatic N) is 1. The van der Waals surface area contributed by atoms with E-state index in [1.165, 1.54) is 0 Å². The molecule has 0 unspecified atom stereocenters. The monoisotopic (exact) mass is 327 g/mol. The molecule has 2 aromatic carbocycles. The van der Waals surface area contributed by atoms with Crippen molar-refractivity contribution in [2.24, 2.45) is 0 Å². The number of benzene rings is 2. The molecule has 2 aromatic rings. The fourth-order valence-electron chi connectivity index (χ4n) is 2.36. The molecule has 0 aliphatic carbocycles. The number of nitrogens with two attached hydrogens (primary N) is 1. The van der Waals surface area contributed by atoms with E-state index in [1.54, 1.807) is 25.3 Å². The lowest BCUT2D eigenvalue weighted by Gasteiger charge is -2.19. The number of nitrogens with one attached hydrogen (secondary N) is 1. The summed E-state index contributed by atoms with van der Waals surface area (Å²) in [7, 11) is 3.63. The number of anilines is 3. The summed E-state index contributed by atoms with van der Waals surface area (Å²) >= 11 is 0. The summed E-state index contributed by atoms with van der Waals surface area (Å²) in [5, 5.41) is 2.83. The molecule has 0 heterocycles. The Kier molecular flexibility index (Phi) is 6.07. The summed E-state index contributed by atoms with van der Waals surface area (Å²) < 4.78 is 5.16. The minimum Gasteiger partial charge on any atom is -0.497 e. The Morgan fingerprint density at radius 2 is 1.92 bits per heavy atom. The molecule has 0 saturated carbocycles. The molecule has 0 fully saturated rings. The van der Waals surface area contributed by atoms with Gasteiger partial charge in [-0.25, -0.2) is 0 Å². The molecule has 0 aromatic heterocycles. The van der Waals surface area contributed by atoms with Gasteiger partial charge >= 0.3 is 0 Å². The molecule has 0 radical (unpaired) electrons. The Morgan fingerprint density at radius 3 is 2.54 bits per heavy atom. The summed E-state index contributed by atoms with van der Waals surface area (Å²) in [6.07, 6.45) is 2.31. The van der Waals surface area contributed by atoms with Crippen molar-refractivity contribution in [2.45, 2.75) is 19.8 Å². The van der Waals surface area contributed by atoms with Gasteiger partial charge in [-0.1, -0.05) is 13.3 Å². The number of ether oxygens (including phenoxy) is 1. The second-order valence-electron chi connectivity index (χ2n) is 5.73. The number of nitrogen functional groups attached to an aromatic ring is 1. The maximum Gasteiger partial charge on any atom is 0.255 e. The molecular formula is C19H25N3O2. The number of unbranched alkanes of at least 4 members (excludes halogenated alkanes) is 1. The van der Waals surface area contributed by atoms with Gasteiger partial charge in [-0.2, -0.15) is 0 Å². The zero-order valence-corrected chi connectivity index (χ0v) is 14.5. The smallest absolute Gasteiger partial charge is 0.255 e. The zero-order chi connectivity index (χ0) is 17.5. The second kappa shape index (κ2) is 8.24. The van der Waals surface area contributed by atoms with E-state index in [9.17, 15) is 4.79 Å². The van der Waals surface area contributed by atoms with Gasteiger partial charge in [-0.15, -0.1) is 0 Å². The van der Waals surface area contributed by atoms with Crippen molar-refractivity contribution in [1.29, 1.82) is 0 Å². The fraction of sp³-hybridized carbons (Fsp3) is 0.316. The average molecular weight is 327 g/mol. The molecule has 0 aliphatic heterocycles. The number of carbonyl (C=O) groups excluding carboxylic acids is 1.